The van der Waals surface area contributed by atoms with Crippen LogP contribution in [0.2, 0.25) is 0 Å². The number of nitrogens with zero attached hydrogens (tertiary/aromatic N) is 2. The Labute approximate surface area is 92.9 Å². The molecule has 1 N–H and O–H groups in total. The van der Waals surface area contributed by atoms with Crippen molar-refractivity contribution in [1.29, 1.82) is 0 Å². The minimum Gasteiger partial charge on any atom is -0.465 e. The fourth-order valence-electron chi connectivity index (χ4n) is 1.11. The molecule has 1 atom stereocenters. The number of furan rings is 1. The van der Waals surface area contributed by atoms with Gasteiger partial charge in [-0.2, -0.15) is 0 Å². The zero-order valence-electron chi connectivity index (χ0n) is 7.27. The molecule has 0 saturated carbocycles. The average molecular weight is 275 g/mol. The van der Waals surface area contributed by atoms with E-state index < -0.39 is 6.10 Å². The minimum atomic E-state index is -0.792. The summed E-state index contributed by atoms with van der Waals surface area (Å²) in [6.07, 6.45) is 0.728. The number of hydrogen-bond acceptors (Lipinski definition) is 5. The largest absolute Gasteiger partial charge is 0.465 e. The van der Waals surface area contributed by atoms with Crippen LogP contribution in [0.3, 0.4) is 0 Å². The highest BCUT2D eigenvalue weighted by molar-refractivity contribution is 9.10. The van der Waals surface area contributed by atoms with E-state index in [0.29, 0.717) is 10.6 Å². The van der Waals surface area contributed by atoms with Crippen molar-refractivity contribution in [3.63, 3.8) is 0 Å². The molecule has 6 heteroatoms. The SMILES string of the molecule is Cc1nnsc1C(O)c1occc1Br. The maximum Gasteiger partial charge on any atom is 0.151 e. The Morgan fingerprint density at radius 3 is 2.93 bits per heavy atom. The highest BCUT2D eigenvalue weighted by atomic mass is 79.9. The van der Waals surface area contributed by atoms with Crippen LogP contribution in [0, 0.1) is 6.92 Å². The molecule has 0 aliphatic rings. The molecule has 14 heavy (non-hydrogen) atoms. The first-order valence-electron chi connectivity index (χ1n) is 3.90. The van der Waals surface area contributed by atoms with Crippen LogP contribution in [0.15, 0.2) is 21.2 Å². The Morgan fingerprint density at radius 1 is 1.64 bits per heavy atom. The van der Waals surface area contributed by atoms with E-state index in [9.17, 15) is 5.11 Å². The number of aromatic nitrogens is 2. The lowest BCUT2D eigenvalue weighted by atomic mass is 10.2. The van der Waals surface area contributed by atoms with Gasteiger partial charge in [0.25, 0.3) is 0 Å². The van der Waals surface area contributed by atoms with Gasteiger partial charge >= 0.3 is 0 Å². The van der Waals surface area contributed by atoms with Gasteiger partial charge in [0, 0.05) is 0 Å². The topological polar surface area (TPSA) is 59.2 Å². The van der Waals surface area contributed by atoms with Gasteiger partial charge in [0.2, 0.25) is 0 Å². The van der Waals surface area contributed by atoms with Crippen LogP contribution in [0.5, 0.6) is 0 Å². The smallest absolute Gasteiger partial charge is 0.151 e. The first-order valence-corrected chi connectivity index (χ1v) is 5.46. The maximum atomic E-state index is 9.94. The second-order valence-electron chi connectivity index (χ2n) is 2.76. The zero-order valence-corrected chi connectivity index (χ0v) is 9.67. The lowest BCUT2D eigenvalue weighted by Gasteiger charge is -2.05. The van der Waals surface area contributed by atoms with Crippen molar-refractivity contribution < 1.29 is 9.52 Å². The van der Waals surface area contributed by atoms with Gasteiger partial charge in [0.1, 0.15) is 0 Å². The monoisotopic (exact) mass is 274 g/mol. The summed E-state index contributed by atoms with van der Waals surface area (Å²) in [5, 5.41) is 13.8. The standard InChI is InChI=1S/C8H7BrN2O2S/c1-4-8(14-11-10-4)6(12)7-5(9)2-3-13-7/h2-3,6,12H,1H3. The van der Waals surface area contributed by atoms with E-state index in [-0.39, 0.29) is 0 Å². The van der Waals surface area contributed by atoms with Gasteiger partial charge in [0.15, 0.2) is 11.9 Å². The summed E-state index contributed by atoms with van der Waals surface area (Å²) >= 11 is 4.46. The van der Waals surface area contributed by atoms with E-state index in [2.05, 4.69) is 25.5 Å². The van der Waals surface area contributed by atoms with Gasteiger partial charge in [-0.05, 0) is 40.5 Å². The average Bonchev–Trinajstić information content (AvgIpc) is 2.73. The maximum absolute atomic E-state index is 9.94. The molecule has 2 aromatic heterocycles. The molecule has 74 valence electrons. The number of rotatable bonds is 2. The molecule has 0 bridgehead atoms. The van der Waals surface area contributed by atoms with Crippen molar-refractivity contribution in [3.8, 4) is 0 Å². The summed E-state index contributed by atoms with van der Waals surface area (Å²) < 4.78 is 9.66. The molecular weight excluding hydrogens is 268 g/mol. The van der Waals surface area contributed by atoms with Crippen LogP contribution in [0.4, 0.5) is 0 Å². The molecule has 0 fully saturated rings. The molecule has 0 aliphatic carbocycles. The van der Waals surface area contributed by atoms with Crippen LogP contribution in [0.1, 0.15) is 22.4 Å². The third kappa shape index (κ3) is 1.60. The number of aryl methyl sites for hydroxylation is 1. The van der Waals surface area contributed by atoms with Crippen molar-refractivity contribution in [2.75, 3.05) is 0 Å². The predicted octanol–water partition coefficient (Wildman–Crippen LogP) is 2.28. The summed E-state index contributed by atoms with van der Waals surface area (Å²) in [5.74, 6) is 0.485. The van der Waals surface area contributed by atoms with Crippen molar-refractivity contribution >= 4 is 27.5 Å². The highest BCUT2D eigenvalue weighted by Gasteiger charge is 2.21. The Balaban J connectivity index is 2.38. The number of aliphatic hydroxyl groups is 1. The molecule has 0 amide bonds. The molecule has 4 nitrogen and oxygen atoms in total. The van der Waals surface area contributed by atoms with E-state index in [0.717, 1.165) is 10.2 Å². The second-order valence-corrected chi connectivity index (χ2v) is 4.40. The third-order valence-electron chi connectivity index (χ3n) is 1.83. The summed E-state index contributed by atoms with van der Waals surface area (Å²) in [4.78, 5) is 0.709. The van der Waals surface area contributed by atoms with Crippen molar-refractivity contribution in [1.82, 2.24) is 9.59 Å². The van der Waals surface area contributed by atoms with Crippen LogP contribution >= 0.6 is 27.5 Å². The van der Waals surface area contributed by atoms with E-state index >= 15 is 0 Å². The van der Waals surface area contributed by atoms with E-state index in [1.807, 2.05) is 0 Å². The van der Waals surface area contributed by atoms with Gasteiger partial charge in [-0.3, -0.25) is 0 Å². The third-order valence-corrected chi connectivity index (χ3v) is 3.36. The molecular formula is C8H7BrN2O2S. The van der Waals surface area contributed by atoms with Crippen LogP contribution in [0.25, 0.3) is 0 Å². The molecule has 0 radical (unpaired) electrons. The Hall–Kier alpha value is -0.720. The van der Waals surface area contributed by atoms with Crippen LogP contribution < -0.4 is 0 Å². The predicted molar refractivity (Wildman–Crippen MR) is 55.1 cm³/mol. The molecule has 0 aromatic carbocycles. The summed E-state index contributed by atoms with van der Waals surface area (Å²) in [6, 6.07) is 1.74. The number of halogens is 1. The fraction of sp³-hybridized carbons (Fsp3) is 0.250. The van der Waals surface area contributed by atoms with E-state index in [1.165, 1.54) is 17.8 Å². The van der Waals surface area contributed by atoms with Crippen molar-refractivity contribution in [2.45, 2.75) is 13.0 Å². The van der Waals surface area contributed by atoms with Gasteiger partial charge < -0.3 is 9.52 Å². The quantitative estimate of drug-likeness (QED) is 0.913. The summed E-state index contributed by atoms with van der Waals surface area (Å²) in [7, 11) is 0. The highest BCUT2D eigenvalue weighted by Crippen LogP contribution is 2.31. The van der Waals surface area contributed by atoms with Gasteiger partial charge in [-0.25, -0.2) is 0 Å². The number of hydrogen-bond donors (Lipinski definition) is 1. The molecule has 0 aliphatic heterocycles. The molecule has 2 heterocycles. The normalized spacial score (nSPS) is 13.1. The van der Waals surface area contributed by atoms with Crippen molar-refractivity contribution in [3.05, 3.63) is 33.1 Å². The van der Waals surface area contributed by atoms with Crippen LogP contribution in [-0.2, 0) is 0 Å². The molecule has 2 aromatic rings. The molecule has 1 unspecified atom stereocenters. The molecule has 0 saturated heterocycles. The van der Waals surface area contributed by atoms with E-state index in [4.69, 9.17) is 4.42 Å². The number of aliphatic hydroxyl groups excluding tert-OH is 1. The molecule has 2 rings (SSSR count). The summed E-state index contributed by atoms with van der Waals surface area (Å²) in [6.45, 7) is 1.80. The zero-order chi connectivity index (χ0) is 10.1. The van der Waals surface area contributed by atoms with Crippen LogP contribution in [-0.4, -0.2) is 14.7 Å². The first-order chi connectivity index (χ1) is 6.70. The van der Waals surface area contributed by atoms with Crippen molar-refractivity contribution in [2.24, 2.45) is 0 Å². The second kappa shape index (κ2) is 3.80. The lowest BCUT2D eigenvalue weighted by molar-refractivity contribution is 0.191. The van der Waals surface area contributed by atoms with Gasteiger partial charge in [-0.1, -0.05) is 4.49 Å². The minimum absolute atomic E-state index is 0.485. The Bertz CT molecular complexity index is 400. The molecule has 0 spiro atoms. The fourth-order valence-corrected chi connectivity index (χ4v) is 2.16. The summed E-state index contributed by atoms with van der Waals surface area (Å²) in [5.41, 5.74) is 0.728. The lowest BCUT2D eigenvalue weighted by Crippen LogP contribution is -1.98. The van der Waals surface area contributed by atoms with E-state index in [1.54, 1.807) is 13.0 Å². The van der Waals surface area contributed by atoms with Gasteiger partial charge in [0.05, 0.1) is 21.3 Å². The van der Waals surface area contributed by atoms with Gasteiger partial charge in [-0.15, -0.1) is 5.10 Å². The first kappa shape index (κ1) is 9.82. The Kier molecular flexibility index (Phi) is 2.66. The Morgan fingerprint density at radius 2 is 2.43 bits per heavy atom.